The molecule has 128 valence electrons. The highest BCUT2D eigenvalue weighted by Crippen LogP contribution is 2.18. The van der Waals surface area contributed by atoms with Crippen LogP contribution in [-0.4, -0.2) is 31.4 Å². The van der Waals surface area contributed by atoms with Crippen LogP contribution in [0.5, 0.6) is 0 Å². The van der Waals surface area contributed by atoms with Gasteiger partial charge in [-0.3, -0.25) is 14.3 Å². The van der Waals surface area contributed by atoms with Crippen molar-refractivity contribution < 1.29 is 9.59 Å². The van der Waals surface area contributed by atoms with Crippen molar-refractivity contribution in [2.24, 2.45) is 7.05 Å². The minimum Gasteiger partial charge on any atom is -0.318 e. The summed E-state index contributed by atoms with van der Waals surface area (Å²) in [5.74, 6) is -0.0969. The Morgan fingerprint density at radius 1 is 1.16 bits per heavy atom. The zero-order valence-electron chi connectivity index (χ0n) is 13.9. The van der Waals surface area contributed by atoms with E-state index in [-0.39, 0.29) is 17.5 Å². The summed E-state index contributed by atoms with van der Waals surface area (Å²) in [5, 5.41) is 13.8. The van der Waals surface area contributed by atoms with Gasteiger partial charge in [-0.15, -0.1) is 0 Å². The fourth-order valence-corrected chi connectivity index (χ4v) is 2.26. The van der Waals surface area contributed by atoms with Crippen LogP contribution in [0.3, 0.4) is 0 Å². The molecule has 0 radical (unpaired) electrons. The SMILES string of the molecule is CCC(=O)Nc1cc(C(=O)Nc2cnn(C)c2)nn1-c1ccccc1. The van der Waals surface area contributed by atoms with Gasteiger partial charge in [0.15, 0.2) is 5.69 Å². The topological polar surface area (TPSA) is 93.8 Å². The Kier molecular flexibility index (Phi) is 4.60. The van der Waals surface area contributed by atoms with Gasteiger partial charge < -0.3 is 10.6 Å². The maximum absolute atomic E-state index is 12.4. The second kappa shape index (κ2) is 7.00. The highest BCUT2D eigenvalue weighted by atomic mass is 16.2. The number of aryl methyl sites for hydroxylation is 1. The summed E-state index contributed by atoms with van der Waals surface area (Å²) >= 11 is 0. The number of para-hydroxylation sites is 1. The maximum Gasteiger partial charge on any atom is 0.276 e. The van der Waals surface area contributed by atoms with E-state index in [0.717, 1.165) is 5.69 Å². The van der Waals surface area contributed by atoms with Crippen molar-refractivity contribution in [2.45, 2.75) is 13.3 Å². The zero-order valence-corrected chi connectivity index (χ0v) is 13.9. The van der Waals surface area contributed by atoms with E-state index in [9.17, 15) is 9.59 Å². The van der Waals surface area contributed by atoms with E-state index in [1.165, 1.54) is 4.68 Å². The molecule has 3 rings (SSSR count). The van der Waals surface area contributed by atoms with Crippen molar-refractivity contribution in [3.8, 4) is 5.69 Å². The molecule has 0 unspecified atom stereocenters. The lowest BCUT2D eigenvalue weighted by molar-refractivity contribution is -0.115. The molecule has 0 saturated carbocycles. The van der Waals surface area contributed by atoms with Crippen LogP contribution in [0.4, 0.5) is 11.5 Å². The largest absolute Gasteiger partial charge is 0.318 e. The molecule has 0 spiro atoms. The predicted octanol–water partition coefficient (Wildman–Crippen LogP) is 2.21. The third-order valence-corrected chi connectivity index (χ3v) is 3.49. The molecule has 0 aliphatic carbocycles. The number of aromatic nitrogens is 4. The highest BCUT2D eigenvalue weighted by Gasteiger charge is 2.17. The number of carbonyl (C=O) groups excluding carboxylic acids is 2. The number of nitrogens with zero attached hydrogens (tertiary/aromatic N) is 4. The van der Waals surface area contributed by atoms with E-state index >= 15 is 0 Å². The van der Waals surface area contributed by atoms with E-state index in [1.54, 1.807) is 37.1 Å². The molecular weight excluding hydrogens is 320 g/mol. The Bertz CT molecular complexity index is 897. The van der Waals surface area contributed by atoms with Crippen molar-refractivity contribution in [1.29, 1.82) is 0 Å². The third-order valence-electron chi connectivity index (χ3n) is 3.49. The first-order chi connectivity index (χ1) is 12.1. The smallest absolute Gasteiger partial charge is 0.276 e. The first kappa shape index (κ1) is 16.4. The van der Waals surface area contributed by atoms with Gasteiger partial charge in [0.05, 0.1) is 17.6 Å². The van der Waals surface area contributed by atoms with Crippen molar-refractivity contribution in [3.05, 3.63) is 54.5 Å². The van der Waals surface area contributed by atoms with Crippen LogP contribution in [0.1, 0.15) is 23.8 Å². The summed E-state index contributed by atoms with van der Waals surface area (Å²) in [5.41, 5.74) is 1.51. The fourth-order valence-electron chi connectivity index (χ4n) is 2.26. The molecule has 0 fully saturated rings. The summed E-state index contributed by atoms with van der Waals surface area (Å²) in [4.78, 5) is 24.2. The lowest BCUT2D eigenvalue weighted by Crippen LogP contribution is -2.13. The predicted molar refractivity (Wildman–Crippen MR) is 93.6 cm³/mol. The van der Waals surface area contributed by atoms with E-state index < -0.39 is 0 Å². The molecule has 0 atom stereocenters. The lowest BCUT2D eigenvalue weighted by Gasteiger charge is -2.07. The second-order valence-corrected chi connectivity index (χ2v) is 5.42. The first-order valence-corrected chi connectivity index (χ1v) is 7.82. The van der Waals surface area contributed by atoms with Crippen LogP contribution in [-0.2, 0) is 11.8 Å². The Labute approximate surface area is 144 Å². The van der Waals surface area contributed by atoms with Crippen LogP contribution >= 0.6 is 0 Å². The van der Waals surface area contributed by atoms with Gasteiger partial charge in [0.2, 0.25) is 5.91 Å². The number of benzene rings is 1. The Morgan fingerprint density at radius 2 is 1.92 bits per heavy atom. The molecule has 0 bridgehead atoms. The third kappa shape index (κ3) is 3.74. The minimum atomic E-state index is -0.380. The number of hydrogen-bond donors (Lipinski definition) is 2. The Balaban J connectivity index is 1.92. The molecule has 0 saturated heterocycles. The molecule has 2 heterocycles. The molecule has 2 N–H and O–H groups in total. The zero-order chi connectivity index (χ0) is 17.8. The van der Waals surface area contributed by atoms with Gasteiger partial charge in [-0.05, 0) is 12.1 Å². The average molecular weight is 338 g/mol. The van der Waals surface area contributed by atoms with Crippen molar-refractivity contribution >= 4 is 23.3 Å². The van der Waals surface area contributed by atoms with Gasteiger partial charge in [0, 0.05) is 25.7 Å². The van der Waals surface area contributed by atoms with E-state index in [1.807, 2.05) is 30.3 Å². The quantitative estimate of drug-likeness (QED) is 0.746. The molecular formula is C17H18N6O2. The van der Waals surface area contributed by atoms with Crippen LogP contribution in [0, 0.1) is 0 Å². The van der Waals surface area contributed by atoms with Gasteiger partial charge in [-0.25, -0.2) is 4.68 Å². The summed E-state index contributed by atoms with van der Waals surface area (Å²) in [6, 6.07) is 10.8. The normalized spacial score (nSPS) is 10.5. The lowest BCUT2D eigenvalue weighted by atomic mass is 10.3. The summed E-state index contributed by atoms with van der Waals surface area (Å²) in [6.07, 6.45) is 3.56. The Hall–Kier alpha value is -3.42. The summed E-state index contributed by atoms with van der Waals surface area (Å²) in [6.45, 7) is 1.76. The molecule has 2 aromatic heterocycles. The van der Waals surface area contributed by atoms with Crippen molar-refractivity contribution in [1.82, 2.24) is 19.6 Å². The monoisotopic (exact) mass is 338 g/mol. The number of rotatable bonds is 5. The number of carbonyl (C=O) groups is 2. The van der Waals surface area contributed by atoms with Crippen LogP contribution in [0.2, 0.25) is 0 Å². The van der Waals surface area contributed by atoms with E-state index in [0.29, 0.717) is 17.9 Å². The van der Waals surface area contributed by atoms with Crippen molar-refractivity contribution in [3.63, 3.8) is 0 Å². The van der Waals surface area contributed by atoms with Gasteiger partial charge in [-0.2, -0.15) is 10.2 Å². The number of amides is 2. The molecule has 2 amide bonds. The molecule has 3 aromatic rings. The minimum absolute atomic E-state index is 0.156. The fraction of sp³-hybridized carbons (Fsp3) is 0.176. The maximum atomic E-state index is 12.4. The number of nitrogens with one attached hydrogen (secondary N) is 2. The van der Waals surface area contributed by atoms with Crippen LogP contribution < -0.4 is 10.6 Å². The molecule has 25 heavy (non-hydrogen) atoms. The van der Waals surface area contributed by atoms with Gasteiger partial charge in [0.1, 0.15) is 5.82 Å². The molecule has 0 aliphatic rings. The van der Waals surface area contributed by atoms with E-state index in [4.69, 9.17) is 0 Å². The highest BCUT2D eigenvalue weighted by molar-refractivity contribution is 6.03. The average Bonchev–Trinajstić information content (AvgIpc) is 3.22. The molecule has 8 heteroatoms. The first-order valence-electron chi connectivity index (χ1n) is 7.82. The van der Waals surface area contributed by atoms with Gasteiger partial charge in [0.25, 0.3) is 5.91 Å². The number of anilines is 2. The summed E-state index contributed by atoms with van der Waals surface area (Å²) in [7, 11) is 1.76. The standard InChI is InChI=1S/C17H18N6O2/c1-3-16(24)20-15-9-14(17(25)19-12-10-18-22(2)11-12)21-23(15)13-7-5-4-6-8-13/h4-11H,3H2,1-2H3,(H,19,25)(H,20,24). The molecule has 0 aliphatic heterocycles. The summed E-state index contributed by atoms with van der Waals surface area (Å²) < 4.78 is 3.12. The van der Waals surface area contributed by atoms with Gasteiger partial charge in [-0.1, -0.05) is 25.1 Å². The number of hydrogen-bond acceptors (Lipinski definition) is 4. The van der Waals surface area contributed by atoms with Crippen molar-refractivity contribution in [2.75, 3.05) is 10.6 Å². The Morgan fingerprint density at radius 3 is 2.56 bits per heavy atom. The second-order valence-electron chi connectivity index (χ2n) is 5.42. The van der Waals surface area contributed by atoms with Crippen LogP contribution in [0.25, 0.3) is 5.69 Å². The molecule has 8 nitrogen and oxygen atoms in total. The van der Waals surface area contributed by atoms with Gasteiger partial charge >= 0.3 is 0 Å². The van der Waals surface area contributed by atoms with E-state index in [2.05, 4.69) is 20.8 Å². The molecule has 1 aromatic carbocycles. The van der Waals surface area contributed by atoms with Crippen LogP contribution in [0.15, 0.2) is 48.8 Å².